The average Bonchev–Trinajstić information content (AvgIpc) is 3.25. The van der Waals surface area contributed by atoms with Gasteiger partial charge in [-0.05, 0) is 32.2 Å². The van der Waals surface area contributed by atoms with Crippen LogP contribution in [0.25, 0.3) is 0 Å². The summed E-state index contributed by atoms with van der Waals surface area (Å²) in [6.07, 6.45) is 5.16. The van der Waals surface area contributed by atoms with Gasteiger partial charge in [-0.15, -0.1) is 10.2 Å². The monoisotopic (exact) mass is 334 g/mol. The third-order valence-corrected chi connectivity index (χ3v) is 5.23. The number of rotatable bonds is 4. The number of nitrogens with zero attached hydrogens (tertiary/aromatic N) is 4. The van der Waals surface area contributed by atoms with Gasteiger partial charge >= 0.3 is 0 Å². The van der Waals surface area contributed by atoms with E-state index in [1.54, 1.807) is 0 Å². The Labute approximate surface area is 144 Å². The van der Waals surface area contributed by atoms with E-state index in [1.165, 1.54) is 6.42 Å². The molecular weight excluding hydrogens is 304 g/mol. The zero-order valence-corrected chi connectivity index (χ0v) is 15.4. The molecule has 0 unspecified atom stereocenters. The summed E-state index contributed by atoms with van der Waals surface area (Å²) in [6.45, 7) is 10.8. The molecule has 2 atom stereocenters. The van der Waals surface area contributed by atoms with Gasteiger partial charge in [0.25, 0.3) is 0 Å². The van der Waals surface area contributed by atoms with Crippen molar-refractivity contribution in [3.63, 3.8) is 0 Å². The van der Waals surface area contributed by atoms with E-state index in [-0.39, 0.29) is 11.3 Å². The predicted molar refractivity (Wildman–Crippen MR) is 91.5 cm³/mol. The number of aromatic nitrogens is 2. The van der Waals surface area contributed by atoms with Crippen LogP contribution >= 0.6 is 0 Å². The summed E-state index contributed by atoms with van der Waals surface area (Å²) in [4.78, 5) is 16.8. The van der Waals surface area contributed by atoms with Gasteiger partial charge in [0.05, 0.1) is 6.54 Å². The summed E-state index contributed by atoms with van der Waals surface area (Å²) in [7, 11) is 0. The summed E-state index contributed by atoms with van der Waals surface area (Å²) < 4.78 is 5.87. The summed E-state index contributed by atoms with van der Waals surface area (Å²) in [5.74, 6) is 1.67. The lowest BCUT2D eigenvalue weighted by Crippen LogP contribution is -2.47. The molecule has 0 N–H and O–H groups in total. The van der Waals surface area contributed by atoms with Crippen molar-refractivity contribution in [2.45, 2.75) is 83.8 Å². The number of hydrogen-bond acceptors (Lipinski definition) is 5. The first-order chi connectivity index (χ1) is 11.4. The normalized spacial score (nSPS) is 25.6. The van der Waals surface area contributed by atoms with Crippen molar-refractivity contribution in [1.82, 2.24) is 20.0 Å². The first kappa shape index (κ1) is 17.4. The highest BCUT2D eigenvalue weighted by molar-refractivity contribution is 5.76. The fourth-order valence-corrected chi connectivity index (χ4v) is 3.98. The zero-order valence-electron chi connectivity index (χ0n) is 15.4. The highest BCUT2D eigenvalue weighted by atomic mass is 16.4. The second-order valence-corrected chi connectivity index (χ2v) is 8.08. The minimum Gasteiger partial charge on any atom is -0.423 e. The molecule has 0 aromatic carbocycles. The molecule has 1 aromatic heterocycles. The lowest BCUT2D eigenvalue weighted by molar-refractivity contribution is -0.132. The second-order valence-electron chi connectivity index (χ2n) is 8.08. The number of hydrogen-bond donors (Lipinski definition) is 0. The van der Waals surface area contributed by atoms with E-state index in [1.807, 2.05) is 6.92 Å². The second kappa shape index (κ2) is 6.82. The van der Waals surface area contributed by atoms with Gasteiger partial charge in [0.2, 0.25) is 17.7 Å². The summed E-state index contributed by atoms with van der Waals surface area (Å²) >= 11 is 0. The van der Waals surface area contributed by atoms with Crippen LogP contribution in [-0.2, 0) is 16.8 Å². The first-order valence-electron chi connectivity index (χ1n) is 9.26. The molecule has 0 bridgehead atoms. The molecular formula is C18H30N4O2. The van der Waals surface area contributed by atoms with Gasteiger partial charge in [-0.2, -0.15) is 0 Å². The molecule has 2 aliphatic heterocycles. The number of likely N-dealkylation sites (tertiary alicyclic amines) is 2. The van der Waals surface area contributed by atoms with E-state index in [9.17, 15) is 4.79 Å². The topological polar surface area (TPSA) is 62.5 Å². The quantitative estimate of drug-likeness (QED) is 0.847. The Hall–Kier alpha value is -1.43. The molecule has 0 radical (unpaired) electrons. The lowest BCUT2D eigenvalue weighted by atomic mass is 9.97. The smallest absolute Gasteiger partial charge is 0.230 e. The molecule has 0 spiro atoms. The summed E-state index contributed by atoms with van der Waals surface area (Å²) in [5, 5.41) is 8.44. The maximum Gasteiger partial charge on any atom is 0.230 e. The van der Waals surface area contributed by atoms with E-state index < -0.39 is 0 Å². The summed E-state index contributed by atoms with van der Waals surface area (Å²) in [6, 6.07) is 0.776. The van der Waals surface area contributed by atoms with Crippen molar-refractivity contribution in [2.24, 2.45) is 0 Å². The van der Waals surface area contributed by atoms with E-state index in [4.69, 9.17) is 4.42 Å². The number of carbonyl (C=O) groups is 1. The Morgan fingerprint density at radius 2 is 1.88 bits per heavy atom. The third kappa shape index (κ3) is 3.48. The molecule has 6 heteroatoms. The molecule has 1 aromatic rings. The van der Waals surface area contributed by atoms with Gasteiger partial charge in [0, 0.05) is 30.5 Å². The van der Waals surface area contributed by atoms with Gasteiger partial charge in [0.15, 0.2) is 0 Å². The van der Waals surface area contributed by atoms with E-state index in [2.05, 4.69) is 40.8 Å². The SMILES string of the molecule is CCC(=O)N1CCC[C@@H]1[C@H]1CCCN1Cc1nnc(C(C)(C)C)o1. The van der Waals surface area contributed by atoms with Gasteiger partial charge in [-0.25, -0.2) is 0 Å². The Balaban J connectivity index is 1.69. The van der Waals surface area contributed by atoms with Crippen molar-refractivity contribution >= 4 is 5.91 Å². The molecule has 3 rings (SSSR count). The molecule has 0 saturated carbocycles. The van der Waals surface area contributed by atoms with Crippen LogP contribution in [0.15, 0.2) is 4.42 Å². The lowest BCUT2D eigenvalue weighted by Gasteiger charge is -2.34. The van der Waals surface area contributed by atoms with Crippen molar-refractivity contribution in [1.29, 1.82) is 0 Å². The van der Waals surface area contributed by atoms with Crippen molar-refractivity contribution in [3.8, 4) is 0 Å². The van der Waals surface area contributed by atoms with Crippen LogP contribution in [0.2, 0.25) is 0 Å². The van der Waals surface area contributed by atoms with Gasteiger partial charge in [-0.3, -0.25) is 9.69 Å². The highest BCUT2D eigenvalue weighted by Gasteiger charge is 2.39. The van der Waals surface area contributed by atoms with Crippen LogP contribution < -0.4 is 0 Å². The number of carbonyl (C=O) groups excluding carboxylic acids is 1. The molecule has 2 fully saturated rings. The van der Waals surface area contributed by atoms with E-state index >= 15 is 0 Å². The minimum atomic E-state index is -0.120. The molecule has 6 nitrogen and oxygen atoms in total. The van der Waals surface area contributed by atoms with Crippen LogP contribution in [0.5, 0.6) is 0 Å². The van der Waals surface area contributed by atoms with Crippen LogP contribution in [-0.4, -0.2) is 51.1 Å². The maximum absolute atomic E-state index is 12.2. The largest absolute Gasteiger partial charge is 0.423 e. The molecule has 1 amide bonds. The Bertz CT molecular complexity index is 578. The van der Waals surface area contributed by atoms with E-state index in [0.717, 1.165) is 32.4 Å². The van der Waals surface area contributed by atoms with Crippen LogP contribution in [0.3, 0.4) is 0 Å². The fraction of sp³-hybridized carbons (Fsp3) is 0.833. The minimum absolute atomic E-state index is 0.120. The maximum atomic E-state index is 12.2. The Morgan fingerprint density at radius 1 is 1.17 bits per heavy atom. The zero-order chi connectivity index (χ0) is 17.3. The Morgan fingerprint density at radius 3 is 2.54 bits per heavy atom. The first-order valence-corrected chi connectivity index (χ1v) is 9.26. The van der Waals surface area contributed by atoms with Crippen LogP contribution in [0.1, 0.15) is 71.6 Å². The third-order valence-electron chi connectivity index (χ3n) is 5.23. The van der Waals surface area contributed by atoms with Crippen molar-refractivity contribution in [2.75, 3.05) is 13.1 Å². The van der Waals surface area contributed by atoms with Gasteiger partial charge in [0.1, 0.15) is 0 Å². The Kier molecular flexibility index (Phi) is 4.95. The molecule has 0 aliphatic carbocycles. The van der Waals surface area contributed by atoms with Crippen molar-refractivity contribution in [3.05, 3.63) is 11.8 Å². The van der Waals surface area contributed by atoms with Gasteiger partial charge in [-0.1, -0.05) is 27.7 Å². The summed E-state index contributed by atoms with van der Waals surface area (Å²) in [5.41, 5.74) is -0.120. The van der Waals surface area contributed by atoms with Gasteiger partial charge < -0.3 is 9.32 Å². The van der Waals surface area contributed by atoms with Crippen LogP contribution in [0, 0.1) is 0 Å². The highest BCUT2D eigenvalue weighted by Crippen LogP contribution is 2.31. The molecule has 3 heterocycles. The standard InChI is InChI=1S/C18H30N4O2/c1-5-16(23)22-11-7-9-14(22)13-8-6-10-21(13)12-15-19-20-17(24-15)18(2,3)4/h13-14H,5-12H2,1-4H3/t13-,14-/m1/s1. The molecule has 134 valence electrons. The van der Waals surface area contributed by atoms with Crippen LogP contribution in [0.4, 0.5) is 0 Å². The molecule has 2 aliphatic rings. The average molecular weight is 334 g/mol. The van der Waals surface area contributed by atoms with Crippen molar-refractivity contribution < 1.29 is 9.21 Å². The molecule has 2 saturated heterocycles. The molecule has 24 heavy (non-hydrogen) atoms. The number of amides is 1. The van der Waals surface area contributed by atoms with E-state index in [0.29, 0.717) is 36.8 Å². The fourth-order valence-electron chi connectivity index (χ4n) is 3.98. The predicted octanol–water partition coefficient (Wildman–Crippen LogP) is 2.73.